The summed E-state index contributed by atoms with van der Waals surface area (Å²) in [6.07, 6.45) is 0. The molecule has 0 atom stereocenters. The number of anilines is 1. The lowest BCUT2D eigenvalue weighted by Crippen LogP contribution is -2.11. The second-order valence-electron chi connectivity index (χ2n) is 7.33. The molecule has 0 unspecified atom stereocenters. The minimum Gasteiger partial charge on any atom is -0.484 e. The van der Waals surface area contributed by atoms with Gasteiger partial charge in [0.25, 0.3) is 11.6 Å². The Labute approximate surface area is 204 Å². The second kappa shape index (κ2) is 10.5. The summed E-state index contributed by atoms with van der Waals surface area (Å²) >= 11 is 7.44. The molecule has 0 spiro atoms. The van der Waals surface area contributed by atoms with Gasteiger partial charge in [-0.05, 0) is 49.4 Å². The molecule has 1 aromatic heterocycles. The van der Waals surface area contributed by atoms with Crippen LogP contribution in [-0.2, 0) is 6.61 Å². The van der Waals surface area contributed by atoms with Gasteiger partial charge < -0.3 is 14.5 Å². The Bertz CT molecular complexity index is 1340. The third kappa shape index (κ3) is 5.98. The fourth-order valence-electron chi connectivity index (χ4n) is 3.04. The van der Waals surface area contributed by atoms with Crippen LogP contribution in [0.1, 0.15) is 21.9 Å². The highest BCUT2D eigenvalue weighted by molar-refractivity contribution is 7.99. The minimum absolute atomic E-state index is 0.0528. The SMILES string of the molecule is Cc1ccc(Sc2cc(NC(=O)c3ccc(COc4ccccc4Cl)o3)cc([N+](=O)[O-])c2)cc1. The number of nitrogens with one attached hydrogen (secondary N) is 1. The highest BCUT2D eigenvalue weighted by Gasteiger charge is 2.16. The topological polar surface area (TPSA) is 94.6 Å². The Morgan fingerprint density at radius 2 is 1.82 bits per heavy atom. The molecule has 1 heterocycles. The van der Waals surface area contributed by atoms with Crippen molar-refractivity contribution in [3.8, 4) is 5.75 Å². The highest BCUT2D eigenvalue weighted by atomic mass is 35.5. The van der Waals surface area contributed by atoms with Crippen molar-refractivity contribution in [2.45, 2.75) is 23.3 Å². The molecule has 0 aliphatic rings. The fraction of sp³-hybridized carbons (Fsp3) is 0.0800. The average molecular weight is 495 g/mol. The molecule has 9 heteroatoms. The van der Waals surface area contributed by atoms with E-state index in [4.69, 9.17) is 20.8 Å². The third-order valence-corrected chi connectivity index (χ3v) is 6.00. The average Bonchev–Trinajstić information content (AvgIpc) is 3.29. The highest BCUT2D eigenvalue weighted by Crippen LogP contribution is 2.33. The summed E-state index contributed by atoms with van der Waals surface area (Å²) in [7, 11) is 0. The molecule has 172 valence electrons. The van der Waals surface area contributed by atoms with E-state index in [1.165, 1.54) is 30.0 Å². The van der Waals surface area contributed by atoms with Gasteiger partial charge in [0, 0.05) is 27.6 Å². The molecule has 0 saturated heterocycles. The molecule has 0 fully saturated rings. The first kappa shape index (κ1) is 23.4. The van der Waals surface area contributed by atoms with E-state index in [9.17, 15) is 14.9 Å². The number of aryl methyl sites for hydroxylation is 1. The lowest BCUT2D eigenvalue weighted by molar-refractivity contribution is -0.385. The van der Waals surface area contributed by atoms with Crippen LogP contribution in [0.5, 0.6) is 5.75 Å². The maximum absolute atomic E-state index is 12.7. The minimum atomic E-state index is -0.532. The molecule has 0 bridgehead atoms. The van der Waals surface area contributed by atoms with Gasteiger partial charge in [0.15, 0.2) is 5.76 Å². The smallest absolute Gasteiger partial charge is 0.291 e. The third-order valence-electron chi connectivity index (χ3n) is 4.71. The van der Waals surface area contributed by atoms with Gasteiger partial charge in [0.05, 0.1) is 9.95 Å². The maximum atomic E-state index is 12.7. The number of para-hydroxylation sites is 1. The van der Waals surface area contributed by atoms with Crippen molar-refractivity contribution >= 4 is 40.6 Å². The largest absolute Gasteiger partial charge is 0.484 e. The zero-order valence-corrected chi connectivity index (χ0v) is 19.6. The molecule has 34 heavy (non-hydrogen) atoms. The Morgan fingerprint density at radius 1 is 1.06 bits per heavy atom. The van der Waals surface area contributed by atoms with Crippen molar-refractivity contribution in [3.63, 3.8) is 0 Å². The van der Waals surface area contributed by atoms with E-state index in [0.29, 0.717) is 27.1 Å². The van der Waals surface area contributed by atoms with E-state index >= 15 is 0 Å². The number of amides is 1. The summed E-state index contributed by atoms with van der Waals surface area (Å²) in [6, 6.07) is 22.4. The summed E-state index contributed by atoms with van der Waals surface area (Å²) in [4.78, 5) is 25.2. The van der Waals surface area contributed by atoms with Crippen LogP contribution in [0.4, 0.5) is 11.4 Å². The standard InChI is InChI=1S/C25H19ClN2O5S/c1-16-6-9-20(10-7-16)34-21-13-17(12-18(14-21)28(30)31)27-25(29)24-11-8-19(33-24)15-32-23-5-3-2-4-22(23)26/h2-14H,15H2,1H3,(H,27,29). The number of nitrogens with zero attached hydrogens (tertiary/aromatic N) is 1. The fourth-order valence-corrected chi connectivity index (χ4v) is 4.14. The molecular weight excluding hydrogens is 476 g/mol. The Kier molecular flexibility index (Phi) is 7.20. The van der Waals surface area contributed by atoms with Gasteiger partial charge in [0.2, 0.25) is 0 Å². The summed E-state index contributed by atoms with van der Waals surface area (Å²) in [5.74, 6) is 0.453. The number of nitro groups is 1. The van der Waals surface area contributed by atoms with Crippen LogP contribution < -0.4 is 10.1 Å². The Balaban J connectivity index is 1.46. The molecule has 4 rings (SSSR count). The molecule has 0 aliphatic heterocycles. The van der Waals surface area contributed by atoms with Crippen LogP contribution >= 0.6 is 23.4 Å². The van der Waals surface area contributed by atoms with E-state index in [2.05, 4.69) is 5.32 Å². The number of carbonyl (C=O) groups excluding carboxylic acids is 1. The van der Waals surface area contributed by atoms with Gasteiger partial charge in [-0.3, -0.25) is 14.9 Å². The van der Waals surface area contributed by atoms with E-state index < -0.39 is 10.8 Å². The maximum Gasteiger partial charge on any atom is 0.291 e. The van der Waals surface area contributed by atoms with Gasteiger partial charge in [-0.15, -0.1) is 0 Å². The number of nitro benzene ring substituents is 1. The number of furan rings is 1. The predicted molar refractivity (Wildman–Crippen MR) is 131 cm³/mol. The van der Waals surface area contributed by atoms with E-state index in [1.54, 1.807) is 36.4 Å². The Morgan fingerprint density at radius 3 is 2.56 bits per heavy atom. The number of hydrogen-bond donors (Lipinski definition) is 1. The molecule has 0 radical (unpaired) electrons. The summed E-state index contributed by atoms with van der Waals surface area (Å²) in [5, 5.41) is 14.6. The van der Waals surface area contributed by atoms with Crippen LogP contribution in [0.2, 0.25) is 5.02 Å². The molecule has 3 aromatic carbocycles. The van der Waals surface area contributed by atoms with Gasteiger partial charge >= 0.3 is 0 Å². The van der Waals surface area contributed by atoms with Crippen molar-refractivity contribution in [2.75, 3.05) is 5.32 Å². The van der Waals surface area contributed by atoms with E-state index in [1.807, 2.05) is 31.2 Å². The van der Waals surface area contributed by atoms with Crippen molar-refractivity contribution in [2.24, 2.45) is 0 Å². The molecule has 0 aliphatic carbocycles. The quantitative estimate of drug-likeness (QED) is 0.207. The summed E-state index contributed by atoms with van der Waals surface area (Å²) in [6.45, 7) is 2.07. The number of rotatable bonds is 8. The first-order valence-corrected chi connectivity index (χ1v) is 11.4. The summed E-state index contributed by atoms with van der Waals surface area (Å²) < 4.78 is 11.2. The van der Waals surface area contributed by atoms with Crippen LogP contribution in [0.25, 0.3) is 0 Å². The molecule has 4 aromatic rings. The number of halogens is 1. The van der Waals surface area contributed by atoms with Crippen molar-refractivity contribution < 1.29 is 18.9 Å². The summed E-state index contributed by atoms with van der Waals surface area (Å²) in [5.41, 5.74) is 1.28. The van der Waals surface area contributed by atoms with Crippen LogP contribution in [-0.4, -0.2) is 10.8 Å². The normalized spacial score (nSPS) is 10.6. The van der Waals surface area contributed by atoms with Crippen molar-refractivity contribution in [1.29, 1.82) is 0 Å². The molecular formula is C25H19ClN2O5S. The second-order valence-corrected chi connectivity index (χ2v) is 8.88. The molecule has 1 N–H and O–H groups in total. The van der Waals surface area contributed by atoms with Gasteiger partial charge in [-0.1, -0.05) is 53.2 Å². The van der Waals surface area contributed by atoms with Gasteiger partial charge in [-0.25, -0.2) is 0 Å². The zero-order chi connectivity index (χ0) is 24.1. The van der Waals surface area contributed by atoms with Crippen molar-refractivity contribution in [3.05, 3.63) is 111 Å². The lowest BCUT2D eigenvalue weighted by Gasteiger charge is -2.08. The number of ether oxygens (including phenoxy) is 1. The van der Waals surface area contributed by atoms with Gasteiger partial charge in [0.1, 0.15) is 18.1 Å². The number of non-ortho nitro benzene ring substituents is 1. The van der Waals surface area contributed by atoms with Crippen molar-refractivity contribution in [1.82, 2.24) is 0 Å². The van der Waals surface area contributed by atoms with Gasteiger partial charge in [-0.2, -0.15) is 0 Å². The first-order valence-electron chi connectivity index (χ1n) is 10.2. The number of hydrogen-bond acceptors (Lipinski definition) is 6. The van der Waals surface area contributed by atoms with E-state index in [-0.39, 0.29) is 18.1 Å². The van der Waals surface area contributed by atoms with Crippen LogP contribution in [0.15, 0.2) is 93.1 Å². The zero-order valence-electron chi connectivity index (χ0n) is 18.0. The molecule has 1 amide bonds. The Hall–Kier alpha value is -3.75. The molecule has 0 saturated carbocycles. The van der Waals surface area contributed by atoms with Crippen LogP contribution in [0, 0.1) is 17.0 Å². The molecule has 7 nitrogen and oxygen atoms in total. The van der Waals surface area contributed by atoms with Crippen LogP contribution in [0.3, 0.4) is 0 Å². The van der Waals surface area contributed by atoms with E-state index in [0.717, 1.165) is 10.5 Å². The first-order chi connectivity index (χ1) is 16.4. The number of benzene rings is 3. The monoisotopic (exact) mass is 494 g/mol. The lowest BCUT2D eigenvalue weighted by atomic mass is 10.2. The number of carbonyl (C=O) groups is 1. The predicted octanol–water partition coefficient (Wildman–Crippen LogP) is 7.13.